The maximum atomic E-state index is 3.47. The predicted octanol–water partition coefficient (Wildman–Crippen LogP) is 3.48. The first-order valence-electron chi connectivity index (χ1n) is 4.44. The lowest BCUT2D eigenvalue weighted by atomic mass is 10.0. The lowest BCUT2D eigenvalue weighted by Crippen LogP contribution is -2.49. The summed E-state index contributed by atoms with van der Waals surface area (Å²) in [4.78, 5) is 2.40. The third-order valence-corrected chi connectivity index (χ3v) is 4.33. The molecular formula is C8H8B2BrI4N. The van der Waals surface area contributed by atoms with E-state index in [9.17, 15) is 0 Å². The second-order valence-electron chi connectivity index (χ2n) is 3.50. The van der Waals surface area contributed by atoms with Crippen LogP contribution in [0.15, 0.2) is 28.7 Å². The van der Waals surface area contributed by atoms with Gasteiger partial charge in [-0.1, -0.05) is 106 Å². The summed E-state index contributed by atoms with van der Waals surface area (Å²) in [5.41, 5.74) is 1.24. The second kappa shape index (κ2) is 6.33. The molecule has 0 heterocycles. The van der Waals surface area contributed by atoms with Crippen LogP contribution in [0, 0.1) is 0 Å². The van der Waals surface area contributed by atoms with Crippen LogP contribution in [0.3, 0.4) is 0 Å². The number of alkyl halides is 4. The van der Waals surface area contributed by atoms with Crippen LogP contribution in [-0.4, -0.2) is 18.6 Å². The molecule has 1 aromatic carbocycles. The van der Waals surface area contributed by atoms with Crippen LogP contribution in [0.25, 0.3) is 0 Å². The van der Waals surface area contributed by atoms with E-state index in [0.717, 1.165) is 4.47 Å². The van der Waals surface area contributed by atoms with Crippen molar-refractivity contribution in [2.24, 2.45) is 0 Å². The molecule has 0 unspecified atom stereocenters. The number of nitrogens with zero attached hydrogens (tertiary/aromatic N) is 1. The Bertz CT molecular complexity index is 346. The van der Waals surface area contributed by atoms with Crippen molar-refractivity contribution in [2.75, 3.05) is 4.90 Å². The molecular weight excluding hydrogens is 719 g/mol. The van der Waals surface area contributed by atoms with E-state index >= 15 is 0 Å². The van der Waals surface area contributed by atoms with Crippen LogP contribution in [0.5, 0.6) is 0 Å². The quantitative estimate of drug-likeness (QED) is 0.200. The molecule has 0 aromatic heterocycles. The molecule has 0 spiro atoms. The Morgan fingerprint density at radius 3 is 1.62 bits per heavy atom. The summed E-state index contributed by atoms with van der Waals surface area (Å²) in [7, 11) is 4.43. The van der Waals surface area contributed by atoms with Gasteiger partial charge in [0.1, 0.15) is 2.90 Å². The summed E-state index contributed by atoms with van der Waals surface area (Å²) in [6, 6.07) is 8.46. The lowest BCUT2D eigenvalue weighted by molar-refractivity contribution is 0.974. The smallest absolute Gasteiger partial charge is 0.161 e. The topological polar surface area (TPSA) is 3.24 Å². The predicted molar refractivity (Wildman–Crippen MR) is 115 cm³/mol. The number of benzene rings is 1. The van der Waals surface area contributed by atoms with Gasteiger partial charge < -0.3 is 4.90 Å². The molecule has 0 aliphatic carbocycles. The Kier molecular flexibility index (Phi) is 6.57. The Morgan fingerprint density at radius 1 is 0.938 bits per heavy atom. The first-order chi connectivity index (χ1) is 7.12. The van der Waals surface area contributed by atoms with Gasteiger partial charge in [-0.2, -0.15) is 0 Å². The van der Waals surface area contributed by atoms with E-state index in [1.807, 2.05) is 0 Å². The van der Waals surface area contributed by atoms with Gasteiger partial charge >= 0.3 is 0 Å². The minimum Gasteiger partial charge on any atom is -0.341 e. The van der Waals surface area contributed by atoms with Gasteiger partial charge in [0, 0.05) is 10.2 Å². The third kappa shape index (κ3) is 4.91. The molecule has 0 amide bonds. The van der Waals surface area contributed by atoms with Gasteiger partial charge in [0.15, 0.2) is 15.7 Å². The second-order valence-corrected chi connectivity index (χ2v) is 16.9. The standard InChI is InChI=1S/C8H8B2BrI4N/c9-7(12,13)16(8(10,14)15)6-3-1-5(11)2-4-6/h1-4H,9-10H2. The van der Waals surface area contributed by atoms with Gasteiger partial charge in [-0.3, -0.25) is 0 Å². The Labute approximate surface area is 161 Å². The van der Waals surface area contributed by atoms with E-state index in [-0.39, 0.29) is 2.90 Å². The molecule has 0 aliphatic heterocycles. The molecule has 0 radical (unpaired) electrons. The zero-order chi connectivity index (χ0) is 12.6. The average Bonchev–Trinajstić information content (AvgIpc) is 2.03. The number of halogens is 5. The third-order valence-electron chi connectivity index (χ3n) is 1.87. The summed E-state index contributed by atoms with van der Waals surface area (Å²) in [6.07, 6.45) is 0. The molecule has 0 bridgehead atoms. The normalized spacial score (nSPS) is 12.6. The molecule has 1 rings (SSSR count). The highest BCUT2D eigenvalue weighted by molar-refractivity contribution is 14.2. The average molecular weight is 727 g/mol. The van der Waals surface area contributed by atoms with Crippen LogP contribution in [0.1, 0.15) is 0 Å². The highest BCUT2D eigenvalue weighted by Crippen LogP contribution is 2.43. The molecule has 0 saturated carbocycles. The van der Waals surface area contributed by atoms with E-state index in [1.165, 1.54) is 5.69 Å². The van der Waals surface area contributed by atoms with Crippen molar-refractivity contribution in [1.29, 1.82) is 0 Å². The molecule has 0 fully saturated rings. The van der Waals surface area contributed by atoms with E-state index in [1.54, 1.807) is 0 Å². The largest absolute Gasteiger partial charge is 0.341 e. The van der Waals surface area contributed by atoms with Crippen molar-refractivity contribution in [3.8, 4) is 0 Å². The van der Waals surface area contributed by atoms with Crippen molar-refractivity contribution in [3.05, 3.63) is 28.7 Å². The van der Waals surface area contributed by atoms with Crippen LogP contribution < -0.4 is 4.90 Å². The van der Waals surface area contributed by atoms with Crippen molar-refractivity contribution in [1.82, 2.24) is 0 Å². The minimum atomic E-state index is 0.0421. The fraction of sp³-hybridized carbons (Fsp3) is 0.250. The van der Waals surface area contributed by atoms with Crippen LogP contribution in [0.4, 0.5) is 5.69 Å². The lowest BCUT2D eigenvalue weighted by Gasteiger charge is -2.43. The van der Waals surface area contributed by atoms with Crippen molar-refractivity contribution in [2.45, 2.75) is 2.90 Å². The molecule has 0 saturated heterocycles. The molecule has 0 aliphatic rings. The highest BCUT2D eigenvalue weighted by Gasteiger charge is 2.36. The van der Waals surface area contributed by atoms with E-state index < -0.39 is 0 Å². The molecule has 1 aromatic rings. The molecule has 16 heavy (non-hydrogen) atoms. The SMILES string of the molecule is BC(I)(I)N(c1ccc(Br)cc1)C(B)(I)I. The zero-order valence-corrected chi connectivity index (χ0v) is 18.9. The molecule has 86 valence electrons. The van der Waals surface area contributed by atoms with Gasteiger partial charge in [0.2, 0.25) is 0 Å². The van der Waals surface area contributed by atoms with Crippen molar-refractivity contribution in [3.63, 3.8) is 0 Å². The summed E-state index contributed by atoms with van der Waals surface area (Å²) >= 11 is 13.3. The van der Waals surface area contributed by atoms with Crippen LogP contribution in [0.2, 0.25) is 0 Å². The van der Waals surface area contributed by atoms with Crippen molar-refractivity contribution < 1.29 is 0 Å². The fourth-order valence-corrected chi connectivity index (χ4v) is 6.54. The maximum Gasteiger partial charge on any atom is 0.161 e. The van der Waals surface area contributed by atoms with Gasteiger partial charge in [-0.05, 0) is 24.3 Å². The Balaban J connectivity index is 3.18. The Morgan fingerprint density at radius 2 is 1.31 bits per heavy atom. The summed E-state index contributed by atoms with van der Waals surface area (Å²) in [5.74, 6) is 0. The molecule has 0 atom stereocenters. The number of hydrogen-bond acceptors (Lipinski definition) is 1. The minimum absolute atomic E-state index is 0.0421. The van der Waals surface area contributed by atoms with E-state index in [2.05, 4.69) is 151 Å². The van der Waals surface area contributed by atoms with Gasteiger partial charge in [0.05, 0.1) is 0 Å². The van der Waals surface area contributed by atoms with Crippen LogP contribution in [-0.2, 0) is 0 Å². The Hall–Kier alpha value is 2.55. The first-order valence-corrected chi connectivity index (χ1v) is 9.55. The van der Waals surface area contributed by atoms with E-state index in [0.29, 0.717) is 0 Å². The van der Waals surface area contributed by atoms with Crippen LogP contribution >= 0.6 is 106 Å². The van der Waals surface area contributed by atoms with Gasteiger partial charge in [-0.15, -0.1) is 0 Å². The molecule has 8 heteroatoms. The number of hydrogen-bond donors (Lipinski definition) is 0. The van der Waals surface area contributed by atoms with E-state index in [4.69, 9.17) is 0 Å². The van der Waals surface area contributed by atoms with Gasteiger partial charge in [-0.25, -0.2) is 0 Å². The number of rotatable bonds is 3. The fourth-order valence-electron chi connectivity index (χ4n) is 1.39. The zero-order valence-electron chi connectivity index (χ0n) is 8.65. The highest BCUT2D eigenvalue weighted by atomic mass is 127. The first kappa shape index (κ1) is 16.6. The number of anilines is 1. The monoisotopic (exact) mass is 727 g/mol. The molecule has 0 N–H and O–H groups in total. The van der Waals surface area contributed by atoms with Crippen molar-refractivity contribution >= 4 is 128 Å². The molecule has 1 nitrogen and oxygen atoms in total. The summed E-state index contributed by atoms with van der Waals surface area (Å²) < 4.78 is 1.20. The van der Waals surface area contributed by atoms with Gasteiger partial charge in [0.25, 0.3) is 0 Å². The summed E-state index contributed by atoms with van der Waals surface area (Å²) in [5, 5.41) is 0. The maximum absolute atomic E-state index is 3.47. The summed E-state index contributed by atoms with van der Waals surface area (Å²) in [6.45, 7) is 0.